The molecule has 1 N–H and O–H groups in total. The standard InChI is InChI=1S/C26H37N3O4S/c1-7-21-16-12-13-17-23(21)29(34(6,32)33)19-24(30)28(18-20-14-10-9-11-15-20)22(8-2)25(31)27-26(3,4)5/h9-17,22H,7-8,18-19H2,1-6H3,(H,27,31). The average molecular weight is 488 g/mol. The van der Waals surface area contributed by atoms with E-state index in [4.69, 9.17) is 0 Å². The summed E-state index contributed by atoms with van der Waals surface area (Å²) in [5.74, 6) is -0.699. The predicted molar refractivity (Wildman–Crippen MR) is 137 cm³/mol. The van der Waals surface area contributed by atoms with Gasteiger partial charge in [-0.25, -0.2) is 8.42 Å². The maximum absolute atomic E-state index is 13.7. The topological polar surface area (TPSA) is 86.8 Å². The van der Waals surface area contributed by atoms with Gasteiger partial charge in [0.1, 0.15) is 12.6 Å². The minimum absolute atomic E-state index is 0.197. The maximum atomic E-state index is 13.7. The summed E-state index contributed by atoms with van der Waals surface area (Å²) in [7, 11) is -3.75. The van der Waals surface area contributed by atoms with Crippen LogP contribution in [0, 0.1) is 0 Å². The highest BCUT2D eigenvalue weighted by molar-refractivity contribution is 7.92. The summed E-state index contributed by atoms with van der Waals surface area (Å²) >= 11 is 0. The fraction of sp³-hybridized carbons (Fsp3) is 0.462. The van der Waals surface area contributed by atoms with Gasteiger partial charge in [0.2, 0.25) is 21.8 Å². The minimum Gasteiger partial charge on any atom is -0.350 e. The van der Waals surface area contributed by atoms with Crippen LogP contribution in [-0.4, -0.2) is 49.5 Å². The van der Waals surface area contributed by atoms with Gasteiger partial charge >= 0.3 is 0 Å². The van der Waals surface area contributed by atoms with Crippen LogP contribution in [0.2, 0.25) is 0 Å². The first-order valence-electron chi connectivity index (χ1n) is 11.6. The van der Waals surface area contributed by atoms with Crippen LogP contribution in [0.15, 0.2) is 54.6 Å². The van der Waals surface area contributed by atoms with Gasteiger partial charge in [-0.3, -0.25) is 13.9 Å². The molecule has 186 valence electrons. The summed E-state index contributed by atoms with van der Waals surface area (Å²) in [6, 6.07) is 15.8. The second kappa shape index (κ2) is 11.5. The molecule has 2 aromatic rings. The third-order valence-electron chi connectivity index (χ3n) is 5.40. The molecule has 0 aromatic heterocycles. The van der Waals surface area contributed by atoms with E-state index in [9.17, 15) is 18.0 Å². The molecule has 0 saturated heterocycles. The number of hydrogen-bond donors (Lipinski definition) is 1. The summed E-state index contributed by atoms with van der Waals surface area (Å²) in [6.45, 7) is 9.24. The zero-order chi connectivity index (χ0) is 25.5. The molecule has 0 saturated carbocycles. The molecule has 0 fully saturated rings. The smallest absolute Gasteiger partial charge is 0.244 e. The number of para-hydroxylation sites is 1. The number of amides is 2. The van der Waals surface area contributed by atoms with Crippen LogP contribution in [0.1, 0.15) is 52.2 Å². The van der Waals surface area contributed by atoms with E-state index in [0.717, 1.165) is 21.7 Å². The highest BCUT2D eigenvalue weighted by atomic mass is 32.2. The Morgan fingerprint density at radius 2 is 1.56 bits per heavy atom. The molecule has 8 heteroatoms. The van der Waals surface area contributed by atoms with E-state index < -0.39 is 27.5 Å². The molecule has 0 radical (unpaired) electrons. The summed E-state index contributed by atoms with van der Waals surface area (Å²) < 4.78 is 26.6. The minimum atomic E-state index is -3.75. The van der Waals surface area contributed by atoms with E-state index in [1.54, 1.807) is 12.1 Å². The van der Waals surface area contributed by atoms with Crippen LogP contribution in [0.3, 0.4) is 0 Å². The number of carbonyl (C=O) groups excluding carboxylic acids is 2. The number of sulfonamides is 1. The second-order valence-electron chi connectivity index (χ2n) is 9.42. The molecular weight excluding hydrogens is 450 g/mol. The molecule has 0 heterocycles. The summed E-state index contributed by atoms with van der Waals surface area (Å²) in [4.78, 5) is 28.3. The molecule has 1 unspecified atom stereocenters. The number of hydrogen-bond acceptors (Lipinski definition) is 4. The van der Waals surface area contributed by atoms with Crippen molar-refractivity contribution in [3.05, 3.63) is 65.7 Å². The number of anilines is 1. The second-order valence-corrected chi connectivity index (χ2v) is 11.3. The third kappa shape index (κ3) is 7.58. The average Bonchev–Trinajstić information content (AvgIpc) is 2.76. The molecule has 34 heavy (non-hydrogen) atoms. The molecule has 2 aromatic carbocycles. The molecule has 2 amide bonds. The number of nitrogens with zero attached hydrogens (tertiary/aromatic N) is 2. The number of carbonyl (C=O) groups is 2. The SMILES string of the molecule is CCc1ccccc1N(CC(=O)N(Cc1ccccc1)C(CC)C(=O)NC(C)(C)C)S(C)(=O)=O. The number of benzene rings is 2. The predicted octanol–water partition coefficient (Wildman–Crippen LogP) is 3.74. The Bertz CT molecular complexity index is 1080. The van der Waals surface area contributed by atoms with Crippen molar-refractivity contribution in [1.29, 1.82) is 0 Å². The highest BCUT2D eigenvalue weighted by Gasteiger charge is 2.33. The van der Waals surface area contributed by atoms with Crippen molar-refractivity contribution >= 4 is 27.5 Å². The van der Waals surface area contributed by atoms with Gasteiger partial charge in [0, 0.05) is 12.1 Å². The first-order chi connectivity index (χ1) is 15.9. The van der Waals surface area contributed by atoms with Crippen molar-refractivity contribution in [2.75, 3.05) is 17.1 Å². The normalized spacial score (nSPS) is 12.6. The van der Waals surface area contributed by atoms with Crippen molar-refractivity contribution < 1.29 is 18.0 Å². The van der Waals surface area contributed by atoms with Gasteiger partial charge in [-0.05, 0) is 50.8 Å². The Labute approximate surface area is 204 Å². The fourth-order valence-electron chi connectivity index (χ4n) is 3.80. The monoisotopic (exact) mass is 487 g/mol. The van der Waals surface area contributed by atoms with Crippen LogP contribution in [0.25, 0.3) is 0 Å². The Morgan fingerprint density at radius 3 is 2.09 bits per heavy atom. The Balaban J connectivity index is 2.47. The van der Waals surface area contributed by atoms with E-state index in [0.29, 0.717) is 18.5 Å². The van der Waals surface area contributed by atoms with Crippen molar-refractivity contribution in [2.24, 2.45) is 0 Å². The molecule has 0 aliphatic heterocycles. The van der Waals surface area contributed by atoms with Gasteiger partial charge in [0.25, 0.3) is 0 Å². The molecular formula is C26H37N3O4S. The molecule has 0 aliphatic rings. The Morgan fingerprint density at radius 1 is 0.971 bits per heavy atom. The van der Waals surface area contributed by atoms with Gasteiger partial charge in [-0.15, -0.1) is 0 Å². The first kappa shape index (κ1) is 27.4. The number of rotatable bonds is 10. The van der Waals surface area contributed by atoms with Crippen molar-refractivity contribution in [3.63, 3.8) is 0 Å². The van der Waals surface area contributed by atoms with Gasteiger partial charge in [0.05, 0.1) is 11.9 Å². The maximum Gasteiger partial charge on any atom is 0.244 e. The fourth-order valence-corrected chi connectivity index (χ4v) is 4.68. The summed E-state index contributed by atoms with van der Waals surface area (Å²) in [5, 5.41) is 2.96. The molecule has 0 spiro atoms. The third-order valence-corrected chi connectivity index (χ3v) is 6.53. The van der Waals surface area contributed by atoms with Crippen LogP contribution in [0.4, 0.5) is 5.69 Å². The lowest BCUT2D eigenvalue weighted by Gasteiger charge is -2.34. The van der Waals surface area contributed by atoms with Crippen molar-refractivity contribution in [1.82, 2.24) is 10.2 Å². The zero-order valence-electron chi connectivity index (χ0n) is 21.0. The van der Waals surface area contributed by atoms with Crippen LogP contribution < -0.4 is 9.62 Å². The Hall–Kier alpha value is -2.87. The van der Waals surface area contributed by atoms with Gasteiger partial charge in [-0.1, -0.05) is 62.4 Å². The lowest BCUT2D eigenvalue weighted by atomic mass is 10.1. The molecule has 2 rings (SSSR count). The van der Waals surface area contributed by atoms with E-state index >= 15 is 0 Å². The largest absolute Gasteiger partial charge is 0.350 e. The van der Waals surface area contributed by atoms with E-state index in [-0.39, 0.29) is 19.0 Å². The quantitative estimate of drug-likeness (QED) is 0.553. The first-order valence-corrected chi connectivity index (χ1v) is 13.4. The van der Waals surface area contributed by atoms with Crippen LogP contribution in [0.5, 0.6) is 0 Å². The van der Waals surface area contributed by atoms with Crippen LogP contribution >= 0.6 is 0 Å². The lowest BCUT2D eigenvalue weighted by Crippen LogP contribution is -2.55. The van der Waals surface area contributed by atoms with Gasteiger partial charge in [0.15, 0.2) is 0 Å². The number of aryl methyl sites for hydroxylation is 1. The van der Waals surface area contributed by atoms with Crippen LogP contribution in [-0.2, 0) is 32.6 Å². The zero-order valence-corrected chi connectivity index (χ0v) is 21.9. The summed E-state index contributed by atoms with van der Waals surface area (Å²) in [5.41, 5.74) is 1.70. The molecule has 0 bridgehead atoms. The Kier molecular flexibility index (Phi) is 9.27. The lowest BCUT2D eigenvalue weighted by molar-refractivity contribution is -0.141. The highest BCUT2D eigenvalue weighted by Crippen LogP contribution is 2.24. The molecule has 1 atom stereocenters. The van der Waals surface area contributed by atoms with Crippen molar-refractivity contribution in [2.45, 2.75) is 65.6 Å². The van der Waals surface area contributed by atoms with Gasteiger partial charge < -0.3 is 10.2 Å². The van der Waals surface area contributed by atoms with E-state index in [2.05, 4.69) is 5.32 Å². The van der Waals surface area contributed by atoms with Crippen molar-refractivity contribution in [3.8, 4) is 0 Å². The molecule has 7 nitrogen and oxygen atoms in total. The number of nitrogens with one attached hydrogen (secondary N) is 1. The van der Waals surface area contributed by atoms with Gasteiger partial charge in [-0.2, -0.15) is 0 Å². The van der Waals surface area contributed by atoms with E-state index in [1.165, 1.54) is 4.90 Å². The summed E-state index contributed by atoms with van der Waals surface area (Å²) in [6.07, 6.45) is 2.11. The molecule has 0 aliphatic carbocycles. The van der Waals surface area contributed by atoms with E-state index in [1.807, 2.05) is 77.1 Å².